The van der Waals surface area contributed by atoms with Gasteiger partial charge in [0.05, 0.1) is 0 Å². The van der Waals surface area contributed by atoms with Gasteiger partial charge >= 0.3 is 0 Å². The Morgan fingerprint density at radius 2 is 2.67 bits per heavy atom. The van der Waals surface area contributed by atoms with Gasteiger partial charge in [0.1, 0.15) is 0 Å². The van der Waals surface area contributed by atoms with Crippen molar-refractivity contribution in [3.8, 4) is 0 Å². The fourth-order valence-electron chi connectivity index (χ4n) is 0.463. The van der Waals surface area contributed by atoms with Crippen LogP contribution in [0.3, 0.4) is 0 Å². The van der Waals surface area contributed by atoms with Crippen molar-refractivity contribution < 1.29 is 0 Å². The Morgan fingerprint density at radius 1 is 1.83 bits per heavy atom. The van der Waals surface area contributed by atoms with Crippen molar-refractivity contribution in [2.24, 2.45) is 0 Å². The van der Waals surface area contributed by atoms with Gasteiger partial charge in [0.25, 0.3) is 0 Å². The van der Waals surface area contributed by atoms with Crippen molar-refractivity contribution in [1.82, 2.24) is 5.32 Å². The van der Waals surface area contributed by atoms with Crippen LogP contribution >= 0.6 is 9.24 Å². The molecule has 2 radical (unpaired) electrons. The Labute approximate surface area is 40.7 Å². The minimum absolute atomic E-state index is 1.10. The average molecular weight is 101 g/mol. The maximum absolute atomic E-state index is 3.00. The molecule has 1 aliphatic rings. The predicted octanol–water partition coefficient (Wildman–Crippen LogP) is 0.158. The molecule has 0 aromatic carbocycles. The van der Waals surface area contributed by atoms with Gasteiger partial charge in [-0.3, -0.25) is 0 Å². The molecule has 0 saturated carbocycles. The second kappa shape index (κ2) is 1.90. The summed E-state index contributed by atoms with van der Waals surface area (Å²) < 4.78 is 0. The first-order valence-electron chi connectivity index (χ1n) is 2.06. The lowest BCUT2D eigenvalue weighted by molar-refractivity contribution is 0.911. The normalized spacial score (nSPS) is 26.0. The summed E-state index contributed by atoms with van der Waals surface area (Å²) in [6, 6.07) is 0. The third-order valence-electron chi connectivity index (χ3n) is 0.817. The van der Waals surface area contributed by atoms with Crippen LogP contribution in [0.4, 0.5) is 0 Å². The van der Waals surface area contributed by atoms with Crippen LogP contribution in [0.25, 0.3) is 0 Å². The van der Waals surface area contributed by atoms with Crippen LogP contribution in [-0.4, -0.2) is 6.54 Å². The van der Waals surface area contributed by atoms with Gasteiger partial charge in [-0.1, -0.05) is 6.54 Å². The van der Waals surface area contributed by atoms with E-state index in [-0.39, 0.29) is 0 Å². The number of hydrogen-bond acceptors (Lipinski definition) is 1. The maximum atomic E-state index is 3.00. The van der Waals surface area contributed by atoms with Crippen LogP contribution in [0.1, 0.15) is 6.42 Å². The Balaban J connectivity index is 2.18. The number of nitrogens with one attached hydrogen (secondary N) is 1. The first-order valence-corrected chi connectivity index (χ1v) is 2.77. The second-order valence-electron chi connectivity index (χ2n) is 1.41. The molecule has 0 amide bonds. The lowest BCUT2D eigenvalue weighted by Gasteiger charge is -1.99. The summed E-state index contributed by atoms with van der Waals surface area (Å²) in [5, 5.41) is 2.99. The molecule has 0 aliphatic carbocycles. The molecule has 1 aliphatic heterocycles. The molecule has 6 heavy (non-hydrogen) atoms. The van der Waals surface area contributed by atoms with Gasteiger partial charge in [0.2, 0.25) is 0 Å². The van der Waals surface area contributed by atoms with E-state index in [9.17, 15) is 0 Å². The van der Waals surface area contributed by atoms with Crippen LogP contribution in [0.2, 0.25) is 0 Å². The lowest BCUT2D eigenvalue weighted by atomic mass is 10.4. The van der Waals surface area contributed by atoms with E-state index in [4.69, 9.17) is 0 Å². The van der Waals surface area contributed by atoms with E-state index in [2.05, 4.69) is 11.9 Å². The number of hydrogen-bond donors (Lipinski definition) is 1. The van der Waals surface area contributed by atoms with Crippen LogP contribution in [0, 0.1) is 12.2 Å². The Kier molecular flexibility index (Phi) is 1.44. The quantitative estimate of drug-likeness (QED) is 0.338. The molecule has 0 aromatic heterocycles. The number of rotatable bonds is 0. The monoisotopic (exact) mass is 101 g/mol. The smallest absolute Gasteiger partial charge is 0.0309 e. The molecule has 34 valence electrons. The summed E-state index contributed by atoms with van der Waals surface area (Å²) in [5.41, 5.74) is 1.37. The van der Waals surface area contributed by atoms with Crippen molar-refractivity contribution >= 4 is 9.24 Å². The molecule has 1 N–H and O–H groups in total. The summed E-state index contributed by atoms with van der Waals surface area (Å²) >= 11 is 0. The van der Waals surface area contributed by atoms with E-state index in [1.54, 1.807) is 0 Å². The fourth-order valence-corrected chi connectivity index (χ4v) is 0.765. The Morgan fingerprint density at radius 3 is 2.83 bits per heavy atom. The lowest BCUT2D eigenvalue weighted by Crippen LogP contribution is -1.98. The minimum Gasteiger partial charge on any atom is -0.341 e. The topological polar surface area (TPSA) is 12.0 Å². The van der Waals surface area contributed by atoms with Gasteiger partial charge in [-0.15, -0.1) is 12.1 Å². The zero-order valence-corrected chi connectivity index (χ0v) is 5.04. The van der Waals surface area contributed by atoms with Gasteiger partial charge in [-0.25, -0.2) is 0 Å². The molecule has 1 saturated heterocycles. The summed E-state index contributed by atoms with van der Waals surface area (Å²) in [4.78, 5) is 0. The third kappa shape index (κ3) is 0.924. The molecule has 0 aromatic rings. The van der Waals surface area contributed by atoms with Gasteiger partial charge in [0, 0.05) is 0 Å². The first-order chi connectivity index (χ1) is 2.89. The summed E-state index contributed by atoms with van der Waals surface area (Å²) in [7, 11) is 1.91. The molecule has 0 spiro atoms. The van der Waals surface area contributed by atoms with Gasteiger partial charge in [-0.05, 0) is 6.54 Å². The van der Waals surface area contributed by atoms with Crippen molar-refractivity contribution in [2.75, 3.05) is 6.54 Å². The molecular formula is C4H8NP. The SMILES string of the molecule is [PH3+][C-]1[C]NCC1. The summed E-state index contributed by atoms with van der Waals surface area (Å²) in [6.07, 6.45) is 1.19. The molecule has 1 heterocycles. The van der Waals surface area contributed by atoms with Crippen molar-refractivity contribution in [1.29, 1.82) is 0 Å². The van der Waals surface area contributed by atoms with Crippen molar-refractivity contribution in [3.05, 3.63) is 12.2 Å². The van der Waals surface area contributed by atoms with Crippen molar-refractivity contribution in [2.45, 2.75) is 6.42 Å². The highest BCUT2D eigenvalue weighted by atomic mass is 31.0. The standard InChI is InChI=1S/C4H8NP/c6-4-1-2-5-3-4/h5H,1-2H2,6H3. The summed E-state index contributed by atoms with van der Waals surface area (Å²) in [6.45, 7) is 4.09. The van der Waals surface area contributed by atoms with Crippen LogP contribution < -0.4 is 5.32 Å². The van der Waals surface area contributed by atoms with Gasteiger partial charge in [-0.2, -0.15) is 9.24 Å². The molecule has 1 unspecified atom stereocenters. The molecule has 1 atom stereocenters. The maximum Gasteiger partial charge on any atom is -0.0309 e. The Bertz CT molecular complexity index is 40.8. The zero-order chi connectivity index (χ0) is 4.41. The molecule has 1 fully saturated rings. The Hall–Kier alpha value is 0.390. The highest BCUT2D eigenvalue weighted by molar-refractivity contribution is 7.21. The molecule has 1 nitrogen and oxygen atoms in total. The van der Waals surface area contributed by atoms with Crippen LogP contribution in [0.5, 0.6) is 0 Å². The largest absolute Gasteiger partial charge is 0.341 e. The van der Waals surface area contributed by atoms with Crippen molar-refractivity contribution in [3.63, 3.8) is 0 Å². The van der Waals surface area contributed by atoms with E-state index >= 15 is 0 Å². The van der Waals surface area contributed by atoms with Crippen LogP contribution in [0.15, 0.2) is 0 Å². The van der Waals surface area contributed by atoms with E-state index in [1.807, 2.05) is 9.24 Å². The summed E-state index contributed by atoms with van der Waals surface area (Å²) in [5.74, 6) is 0. The van der Waals surface area contributed by atoms with E-state index in [0.29, 0.717) is 0 Å². The fraction of sp³-hybridized carbons (Fsp3) is 0.500. The molecular weight excluding hydrogens is 93.0 g/mol. The van der Waals surface area contributed by atoms with Gasteiger partial charge in [0.15, 0.2) is 0 Å². The van der Waals surface area contributed by atoms with Crippen LogP contribution in [-0.2, 0) is 0 Å². The molecule has 2 heteroatoms. The van der Waals surface area contributed by atoms with E-state index in [0.717, 1.165) is 6.54 Å². The third-order valence-corrected chi connectivity index (χ3v) is 1.35. The first kappa shape index (κ1) is 4.55. The van der Waals surface area contributed by atoms with E-state index in [1.165, 1.54) is 12.1 Å². The second-order valence-corrected chi connectivity index (χ2v) is 2.26. The highest BCUT2D eigenvalue weighted by Gasteiger charge is 1.98. The highest BCUT2D eigenvalue weighted by Crippen LogP contribution is 2.20. The van der Waals surface area contributed by atoms with E-state index < -0.39 is 0 Å². The molecule has 0 bridgehead atoms. The van der Waals surface area contributed by atoms with Gasteiger partial charge < -0.3 is 5.32 Å². The zero-order valence-electron chi connectivity index (χ0n) is 3.62. The average Bonchev–Trinajstić information content (AvgIpc) is 1.86. The minimum atomic E-state index is 1.10. The predicted molar refractivity (Wildman–Crippen MR) is 30.2 cm³/mol. The molecule has 1 rings (SSSR count).